The Morgan fingerprint density at radius 2 is 2.42 bits per heavy atom. The highest BCUT2D eigenvalue weighted by molar-refractivity contribution is 7.99. The van der Waals surface area contributed by atoms with E-state index >= 15 is 0 Å². The highest BCUT2D eigenvalue weighted by Gasteiger charge is 2.39. The highest BCUT2D eigenvalue weighted by Crippen LogP contribution is 2.27. The summed E-state index contributed by atoms with van der Waals surface area (Å²) in [6.07, 6.45) is 4.59. The summed E-state index contributed by atoms with van der Waals surface area (Å²) in [5.74, 6) is 0.550. The van der Waals surface area contributed by atoms with Crippen LogP contribution in [0, 0.1) is 6.92 Å². The average Bonchev–Trinajstić information content (AvgIpc) is 3.09. The lowest BCUT2D eigenvalue weighted by Gasteiger charge is -2.27. The van der Waals surface area contributed by atoms with Gasteiger partial charge in [-0.05, 0) is 33.1 Å². The van der Waals surface area contributed by atoms with E-state index in [0.717, 1.165) is 24.3 Å². The first-order chi connectivity index (χ1) is 9.03. The van der Waals surface area contributed by atoms with Crippen molar-refractivity contribution in [3.05, 3.63) is 12.0 Å². The zero-order valence-electron chi connectivity index (χ0n) is 11.6. The molecule has 0 bridgehead atoms. The number of rotatable bonds is 7. The summed E-state index contributed by atoms with van der Waals surface area (Å²) in [6.45, 7) is 3.79. The van der Waals surface area contributed by atoms with Crippen LogP contribution in [0.1, 0.15) is 31.9 Å². The number of carbonyl (C=O) groups excluding carboxylic acids is 1. The van der Waals surface area contributed by atoms with Gasteiger partial charge in [0.05, 0.1) is 12.8 Å². The van der Waals surface area contributed by atoms with Gasteiger partial charge >= 0.3 is 5.97 Å². The molecule has 0 aromatic carbocycles. The van der Waals surface area contributed by atoms with Crippen LogP contribution in [-0.2, 0) is 9.53 Å². The molecule has 19 heavy (non-hydrogen) atoms. The lowest BCUT2D eigenvalue weighted by atomic mass is 9.99. The third-order valence-electron chi connectivity index (χ3n) is 3.16. The molecule has 1 heterocycles. The second kappa shape index (κ2) is 5.96. The SMILES string of the molecule is COC(=O)C(C)(CCSc1nc(C)co1)NC1CC1. The van der Waals surface area contributed by atoms with E-state index in [1.54, 1.807) is 6.26 Å². The predicted molar refractivity (Wildman–Crippen MR) is 73.2 cm³/mol. The smallest absolute Gasteiger partial charge is 0.325 e. The Morgan fingerprint density at radius 3 is 2.95 bits per heavy atom. The van der Waals surface area contributed by atoms with Crippen molar-refractivity contribution in [3.8, 4) is 0 Å². The van der Waals surface area contributed by atoms with Gasteiger partial charge in [0.15, 0.2) is 0 Å². The summed E-state index contributed by atoms with van der Waals surface area (Å²) in [6, 6.07) is 0.457. The van der Waals surface area contributed by atoms with E-state index in [-0.39, 0.29) is 5.97 Å². The molecule has 1 aliphatic carbocycles. The number of aromatic nitrogens is 1. The zero-order valence-corrected chi connectivity index (χ0v) is 12.4. The number of hydrogen-bond donors (Lipinski definition) is 1. The van der Waals surface area contributed by atoms with E-state index in [2.05, 4.69) is 10.3 Å². The summed E-state index contributed by atoms with van der Waals surface area (Å²) in [5, 5.41) is 4.02. The molecule has 0 aliphatic heterocycles. The molecule has 1 aliphatic rings. The first-order valence-corrected chi connectivity index (χ1v) is 7.43. The van der Waals surface area contributed by atoms with Gasteiger partial charge in [-0.3, -0.25) is 10.1 Å². The molecule has 106 valence electrons. The van der Waals surface area contributed by atoms with Crippen molar-refractivity contribution in [1.82, 2.24) is 10.3 Å². The van der Waals surface area contributed by atoms with Gasteiger partial charge < -0.3 is 9.15 Å². The standard InChI is InChI=1S/C13H20N2O3S/c1-9-8-18-12(14-9)19-7-6-13(2,11(16)17-3)15-10-4-5-10/h8,10,15H,4-7H2,1-3H3. The van der Waals surface area contributed by atoms with Crippen molar-refractivity contribution in [1.29, 1.82) is 0 Å². The van der Waals surface area contributed by atoms with Gasteiger partial charge in [-0.15, -0.1) is 0 Å². The maximum Gasteiger partial charge on any atom is 0.325 e. The number of ether oxygens (including phenoxy) is 1. The third-order valence-corrected chi connectivity index (χ3v) is 4.00. The molecule has 0 amide bonds. The number of oxazole rings is 1. The van der Waals surface area contributed by atoms with Crippen molar-refractivity contribution in [2.45, 2.75) is 49.9 Å². The number of carbonyl (C=O) groups is 1. The molecule has 6 heteroatoms. The molecule has 1 aromatic rings. The van der Waals surface area contributed by atoms with E-state index in [4.69, 9.17) is 9.15 Å². The van der Waals surface area contributed by atoms with Crippen molar-refractivity contribution in [3.63, 3.8) is 0 Å². The Bertz CT molecular complexity index is 445. The Morgan fingerprint density at radius 1 is 1.68 bits per heavy atom. The molecule has 0 spiro atoms. The van der Waals surface area contributed by atoms with Gasteiger partial charge in [0, 0.05) is 11.8 Å². The summed E-state index contributed by atoms with van der Waals surface area (Å²) in [4.78, 5) is 16.1. The number of nitrogens with zero attached hydrogens (tertiary/aromatic N) is 1. The second-order valence-electron chi connectivity index (χ2n) is 5.10. The van der Waals surface area contributed by atoms with Crippen molar-refractivity contribution in [2.75, 3.05) is 12.9 Å². The first kappa shape index (κ1) is 14.4. The van der Waals surface area contributed by atoms with E-state index in [0.29, 0.717) is 17.7 Å². The van der Waals surface area contributed by atoms with Crippen LogP contribution in [0.25, 0.3) is 0 Å². The fourth-order valence-electron chi connectivity index (χ4n) is 1.88. The molecule has 0 saturated heterocycles. The number of hydrogen-bond acceptors (Lipinski definition) is 6. The minimum atomic E-state index is -0.620. The van der Waals surface area contributed by atoms with Gasteiger partial charge in [0.25, 0.3) is 5.22 Å². The molecule has 0 radical (unpaired) electrons. The van der Waals surface area contributed by atoms with Crippen LogP contribution in [0.15, 0.2) is 15.9 Å². The normalized spacial score (nSPS) is 18.1. The summed E-state index contributed by atoms with van der Waals surface area (Å²) in [5.41, 5.74) is 0.249. The summed E-state index contributed by atoms with van der Waals surface area (Å²) >= 11 is 1.52. The van der Waals surface area contributed by atoms with Crippen LogP contribution in [0.5, 0.6) is 0 Å². The summed E-state index contributed by atoms with van der Waals surface area (Å²) < 4.78 is 10.2. The van der Waals surface area contributed by atoms with Crippen LogP contribution >= 0.6 is 11.8 Å². The molecule has 5 nitrogen and oxygen atoms in total. The van der Waals surface area contributed by atoms with Gasteiger partial charge in [-0.1, -0.05) is 11.8 Å². The molecule has 1 N–H and O–H groups in total. The van der Waals surface area contributed by atoms with Crippen LogP contribution in [-0.4, -0.2) is 35.4 Å². The van der Waals surface area contributed by atoms with Crippen molar-refractivity contribution >= 4 is 17.7 Å². The van der Waals surface area contributed by atoms with Crippen LogP contribution in [0.2, 0.25) is 0 Å². The maximum atomic E-state index is 11.9. The Balaban J connectivity index is 1.86. The monoisotopic (exact) mass is 284 g/mol. The number of nitrogens with one attached hydrogen (secondary N) is 1. The van der Waals surface area contributed by atoms with Gasteiger partial charge in [0.1, 0.15) is 11.8 Å². The minimum absolute atomic E-state index is 0.205. The molecule has 2 rings (SSSR count). The van der Waals surface area contributed by atoms with Crippen molar-refractivity contribution < 1.29 is 13.9 Å². The van der Waals surface area contributed by atoms with Crippen molar-refractivity contribution in [2.24, 2.45) is 0 Å². The Hall–Kier alpha value is -1.01. The number of aryl methyl sites for hydroxylation is 1. The highest BCUT2D eigenvalue weighted by atomic mass is 32.2. The Labute approximate surface area is 117 Å². The molecule has 1 saturated carbocycles. The Kier molecular flexibility index (Phi) is 4.52. The van der Waals surface area contributed by atoms with E-state index < -0.39 is 5.54 Å². The van der Waals surface area contributed by atoms with Gasteiger partial charge in [-0.25, -0.2) is 4.98 Å². The largest absolute Gasteiger partial charge is 0.468 e. The average molecular weight is 284 g/mol. The fraction of sp³-hybridized carbons (Fsp3) is 0.692. The maximum absolute atomic E-state index is 11.9. The predicted octanol–water partition coefficient (Wildman–Crippen LogP) is 2.15. The van der Waals surface area contributed by atoms with E-state index in [9.17, 15) is 4.79 Å². The molecular formula is C13H20N2O3S. The molecule has 1 fully saturated rings. The number of thioether (sulfide) groups is 1. The first-order valence-electron chi connectivity index (χ1n) is 6.44. The topological polar surface area (TPSA) is 64.4 Å². The van der Waals surface area contributed by atoms with Gasteiger partial charge in [0.2, 0.25) is 0 Å². The van der Waals surface area contributed by atoms with E-state index in [1.807, 2.05) is 13.8 Å². The number of esters is 1. The molecule has 1 atom stereocenters. The lowest BCUT2D eigenvalue weighted by Crippen LogP contribution is -2.51. The fourth-order valence-corrected chi connectivity index (χ4v) is 2.89. The van der Waals surface area contributed by atoms with E-state index in [1.165, 1.54) is 18.9 Å². The van der Waals surface area contributed by atoms with Crippen LogP contribution < -0.4 is 5.32 Å². The second-order valence-corrected chi connectivity index (χ2v) is 6.14. The third kappa shape index (κ3) is 3.98. The molecular weight excluding hydrogens is 264 g/mol. The van der Waals surface area contributed by atoms with Gasteiger partial charge in [-0.2, -0.15) is 0 Å². The molecule has 1 unspecified atom stereocenters. The zero-order chi connectivity index (χ0) is 13.9. The number of methoxy groups -OCH3 is 1. The quantitative estimate of drug-likeness (QED) is 0.611. The van der Waals surface area contributed by atoms with Crippen LogP contribution in [0.3, 0.4) is 0 Å². The minimum Gasteiger partial charge on any atom is -0.468 e. The lowest BCUT2D eigenvalue weighted by molar-refractivity contribution is -0.148. The molecule has 1 aromatic heterocycles. The summed E-state index contributed by atoms with van der Waals surface area (Å²) in [7, 11) is 1.43. The van der Waals surface area contributed by atoms with Crippen LogP contribution in [0.4, 0.5) is 0 Å².